The lowest BCUT2D eigenvalue weighted by atomic mass is 10.1. The highest BCUT2D eigenvalue weighted by Crippen LogP contribution is 2.03. The maximum Gasteiger partial charge on any atom is 0.256 e. The Hall–Kier alpha value is -1.58. The van der Waals surface area contributed by atoms with E-state index in [4.69, 9.17) is 0 Å². The number of hydrogen-bond donors (Lipinski definition) is 2. The molecule has 1 aromatic heterocycles. The van der Waals surface area contributed by atoms with Gasteiger partial charge >= 0.3 is 0 Å². The van der Waals surface area contributed by atoms with E-state index in [2.05, 4.69) is 17.2 Å². The summed E-state index contributed by atoms with van der Waals surface area (Å²) in [7, 11) is 0. The van der Waals surface area contributed by atoms with Crippen molar-refractivity contribution < 1.29 is 4.79 Å². The van der Waals surface area contributed by atoms with Crippen molar-refractivity contribution in [3.63, 3.8) is 0 Å². The van der Waals surface area contributed by atoms with Crippen LogP contribution in [0.4, 0.5) is 0 Å². The summed E-state index contributed by atoms with van der Waals surface area (Å²) in [6.45, 7) is 4.11. The molecule has 0 aromatic carbocycles. The number of pyridine rings is 1. The van der Waals surface area contributed by atoms with Crippen LogP contribution in [0.3, 0.4) is 0 Å². The van der Waals surface area contributed by atoms with Crippen molar-refractivity contribution in [1.29, 1.82) is 0 Å². The monoisotopic (exact) mass is 236 g/mol. The van der Waals surface area contributed by atoms with Crippen molar-refractivity contribution in [1.82, 2.24) is 10.3 Å². The third kappa shape index (κ3) is 4.43. The van der Waals surface area contributed by atoms with Crippen LogP contribution < -0.4 is 10.7 Å². The standard InChI is InChI=1S/C13H20N2O2/c1-3-4-5-6-10(2)15-13(17)11-9-14-8-7-12(11)16/h7-10H,3-6H2,1-2H3,(H,14,16)(H,15,17). The molecule has 94 valence electrons. The summed E-state index contributed by atoms with van der Waals surface area (Å²) in [5.74, 6) is -0.296. The van der Waals surface area contributed by atoms with Gasteiger partial charge in [0, 0.05) is 24.5 Å². The van der Waals surface area contributed by atoms with Crippen LogP contribution in [-0.4, -0.2) is 16.9 Å². The van der Waals surface area contributed by atoms with Crippen molar-refractivity contribution in [2.45, 2.75) is 45.6 Å². The smallest absolute Gasteiger partial charge is 0.256 e. The van der Waals surface area contributed by atoms with E-state index >= 15 is 0 Å². The molecule has 4 nitrogen and oxygen atoms in total. The third-order valence-corrected chi connectivity index (χ3v) is 2.69. The first-order valence-corrected chi connectivity index (χ1v) is 6.13. The molecule has 1 rings (SSSR count). The molecule has 0 fully saturated rings. The maximum atomic E-state index is 11.8. The van der Waals surface area contributed by atoms with Gasteiger partial charge in [-0.25, -0.2) is 0 Å². The average molecular weight is 236 g/mol. The molecule has 1 amide bonds. The van der Waals surface area contributed by atoms with Gasteiger partial charge < -0.3 is 10.3 Å². The predicted octanol–water partition coefficient (Wildman–Crippen LogP) is 2.07. The Morgan fingerprint density at radius 2 is 2.24 bits per heavy atom. The normalized spacial score (nSPS) is 12.1. The second-order valence-electron chi connectivity index (χ2n) is 4.29. The lowest BCUT2D eigenvalue weighted by Crippen LogP contribution is -2.35. The van der Waals surface area contributed by atoms with Gasteiger partial charge in [0.15, 0.2) is 5.43 Å². The fourth-order valence-electron chi connectivity index (χ4n) is 1.67. The van der Waals surface area contributed by atoms with Crippen LogP contribution in [0.15, 0.2) is 23.3 Å². The second-order valence-corrected chi connectivity index (χ2v) is 4.29. The highest BCUT2D eigenvalue weighted by Gasteiger charge is 2.11. The molecule has 0 aliphatic heterocycles. The molecule has 1 heterocycles. The van der Waals surface area contributed by atoms with Crippen molar-refractivity contribution >= 4 is 5.91 Å². The lowest BCUT2D eigenvalue weighted by molar-refractivity contribution is 0.0936. The van der Waals surface area contributed by atoms with E-state index in [1.807, 2.05) is 6.92 Å². The number of hydrogen-bond acceptors (Lipinski definition) is 2. The molecule has 0 saturated heterocycles. The number of carbonyl (C=O) groups is 1. The molecule has 0 bridgehead atoms. The summed E-state index contributed by atoms with van der Waals surface area (Å²) >= 11 is 0. The van der Waals surface area contributed by atoms with Gasteiger partial charge in [0.2, 0.25) is 0 Å². The van der Waals surface area contributed by atoms with Gasteiger partial charge in [-0.3, -0.25) is 9.59 Å². The van der Waals surface area contributed by atoms with Crippen LogP contribution in [0, 0.1) is 0 Å². The Labute approximate surface area is 101 Å². The fraction of sp³-hybridized carbons (Fsp3) is 0.538. The van der Waals surface area contributed by atoms with Crippen LogP contribution in [0.25, 0.3) is 0 Å². The van der Waals surface area contributed by atoms with Crippen molar-refractivity contribution in [3.05, 3.63) is 34.2 Å². The molecule has 0 aliphatic rings. The predicted molar refractivity (Wildman–Crippen MR) is 68.1 cm³/mol. The van der Waals surface area contributed by atoms with Gasteiger partial charge in [0.25, 0.3) is 5.91 Å². The number of aromatic amines is 1. The average Bonchev–Trinajstić information content (AvgIpc) is 2.29. The van der Waals surface area contributed by atoms with E-state index in [-0.39, 0.29) is 22.9 Å². The van der Waals surface area contributed by atoms with Gasteiger partial charge in [-0.1, -0.05) is 26.2 Å². The van der Waals surface area contributed by atoms with Crippen molar-refractivity contribution in [3.8, 4) is 0 Å². The number of rotatable bonds is 6. The Morgan fingerprint density at radius 3 is 2.88 bits per heavy atom. The largest absolute Gasteiger partial charge is 0.367 e. The number of amides is 1. The molecule has 0 saturated carbocycles. The Bertz CT molecular complexity index is 412. The summed E-state index contributed by atoms with van der Waals surface area (Å²) in [5.41, 5.74) is -0.0724. The second kappa shape index (κ2) is 6.89. The van der Waals surface area contributed by atoms with Crippen molar-refractivity contribution in [2.75, 3.05) is 0 Å². The number of nitrogens with one attached hydrogen (secondary N) is 2. The van der Waals surface area contributed by atoms with Crippen molar-refractivity contribution in [2.24, 2.45) is 0 Å². The lowest BCUT2D eigenvalue weighted by Gasteiger charge is -2.13. The van der Waals surface area contributed by atoms with Gasteiger partial charge in [0.05, 0.1) is 0 Å². The van der Waals surface area contributed by atoms with Gasteiger partial charge in [0.1, 0.15) is 5.56 Å². The minimum Gasteiger partial charge on any atom is -0.367 e. The zero-order chi connectivity index (χ0) is 12.7. The van der Waals surface area contributed by atoms with E-state index in [1.165, 1.54) is 31.3 Å². The minimum absolute atomic E-state index is 0.105. The molecule has 17 heavy (non-hydrogen) atoms. The zero-order valence-electron chi connectivity index (χ0n) is 10.5. The van der Waals surface area contributed by atoms with E-state index < -0.39 is 0 Å². The number of H-pyrrole nitrogens is 1. The maximum absolute atomic E-state index is 11.8. The van der Waals surface area contributed by atoms with Gasteiger partial charge in [-0.05, 0) is 13.3 Å². The number of carbonyl (C=O) groups excluding carboxylic acids is 1. The van der Waals surface area contributed by atoms with Crippen LogP contribution in [0.2, 0.25) is 0 Å². The summed E-state index contributed by atoms with van der Waals surface area (Å²) in [4.78, 5) is 25.9. The summed E-state index contributed by atoms with van der Waals surface area (Å²) < 4.78 is 0. The molecule has 1 unspecified atom stereocenters. The minimum atomic E-state index is -0.296. The molecule has 1 atom stereocenters. The van der Waals surface area contributed by atoms with Crippen LogP contribution in [0.5, 0.6) is 0 Å². The number of aromatic nitrogens is 1. The van der Waals surface area contributed by atoms with Crippen LogP contribution in [-0.2, 0) is 0 Å². The van der Waals surface area contributed by atoms with E-state index in [0.717, 1.165) is 12.8 Å². The molecule has 1 aromatic rings. The topological polar surface area (TPSA) is 62.0 Å². The van der Waals surface area contributed by atoms with Gasteiger partial charge in [-0.2, -0.15) is 0 Å². The Morgan fingerprint density at radius 1 is 1.47 bits per heavy atom. The first-order chi connectivity index (χ1) is 8.15. The van der Waals surface area contributed by atoms with E-state index in [1.54, 1.807) is 0 Å². The Balaban J connectivity index is 2.49. The number of unbranched alkanes of at least 4 members (excludes halogenated alkanes) is 2. The highest BCUT2D eigenvalue weighted by atomic mass is 16.2. The first kappa shape index (κ1) is 13.5. The first-order valence-electron chi connectivity index (χ1n) is 6.13. The molecule has 4 heteroatoms. The van der Waals surface area contributed by atoms with Crippen LogP contribution in [0.1, 0.15) is 49.9 Å². The Kier molecular flexibility index (Phi) is 5.46. The summed E-state index contributed by atoms with van der Waals surface area (Å²) in [6, 6.07) is 1.46. The van der Waals surface area contributed by atoms with Gasteiger partial charge in [-0.15, -0.1) is 0 Å². The molecule has 0 spiro atoms. The van der Waals surface area contributed by atoms with Crippen LogP contribution >= 0.6 is 0 Å². The fourth-order valence-corrected chi connectivity index (χ4v) is 1.67. The summed E-state index contributed by atoms with van der Waals surface area (Å²) in [5, 5.41) is 2.84. The highest BCUT2D eigenvalue weighted by molar-refractivity contribution is 5.93. The summed E-state index contributed by atoms with van der Waals surface area (Å²) in [6.07, 6.45) is 7.35. The molecular formula is C13H20N2O2. The molecule has 0 aliphatic carbocycles. The van der Waals surface area contributed by atoms with E-state index in [0.29, 0.717) is 0 Å². The van der Waals surface area contributed by atoms with E-state index in [9.17, 15) is 9.59 Å². The molecule has 2 N–H and O–H groups in total. The molecular weight excluding hydrogens is 216 g/mol. The quantitative estimate of drug-likeness (QED) is 0.743. The SMILES string of the molecule is CCCCCC(C)NC(=O)c1c[nH]ccc1=O. The molecule has 0 radical (unpaired) electrons. The third-order valence-electron chi connectivity index (χ3n) is 2.69. The zero-order valence-corrected chi connectivity index (χ0v) is 10.5.